The Hall–Kier alpha value is -2.20. The number of rotatable bonds is 2. The summed E-state index contributed by atoms with van der Waals surface area (Å²) in [5, 5.41) is 1.08. The van der Waals surface area contributed by atoms with Crippen LogP contribution in [0.1, 0.15) is 15.9 Å². The molecule has 0 aliphatic rings. The summed E-state index contributed by atoms with van der Waals surface area (Å²) >= 11 is 5.85. The van der Waals surface area contributed by atoms with Crippen LogP contribution < -0.4 is 0 Å². The van der Waals surface area contributed by atoms with Gasteiger partial charge in [-0.25, -0.2) is 8.78 Å². The lowest BCUT2D eigenvalue weighted by atomic mass is 10.0. The van der Waals surface area contributed by atoms with Crippen molar-refractivity contribution in [2.24, 2.45) is 0 Å². The molecule has 0 unspecified atom stereocenters. The monoisotopic (exact) mass is 291 g/mol. The molecule has 1 N–H and O–H groups in total. The summed E-state index contributed by atoms with van der Waals surface area (Å²) in [5.41, 5.74) is 0.293. The minimum atomic E-state index is -0.877. The highest BCUT2D eigenvalue weighted by Gasteiger charge is 2.21. The predicted molar refractivity (Wildman–Crippen MR) is 73.1 cm³/mol. The zero-order valence-electron chi connectivity index (χ0n) is 10.1. The molecule has 1 aromatic heterocycles. The number of ketones is 1. The fourth-order valence-corrected chi connectivity index (χ4v) is 2.31. The van der Waals surface area contributed by atoms with Gasteiger partial charge >= 0.3 is 0 Å². The summed E-state index contributed by atoms with van der Waals surface area (Å²) in [6, 6.07) is 8.23. The molecule has 0 spiro atoms. The van der Waals surface area contributed by atoms with E-state index in [2.05, 4.69) is 4.98 Å². The van der Waals surface area contributed by atoms with Crippen LogP contribution in [-0.2, 0) is 0 Å². The van der Waals surface area contributed by atoms with Gasteiger partial charge in [0.25, 0.3) is 0 Å². The summed E-state index contributed by atoms with van der Waals surface area (Å²) in [4.78, 5) is 15.2. The topological polar surface area (TPSA) is 32.9 Å². The fraction of sp³-hybridized carbons (Fsp3) is 0. The van der Waals surface area contributed by atoms with E-state index in [1.165, 1.54) is 12.3 Å². The van der Waals surface area contributed by atoms with Gasteiger partial charge in [-0.3, -0.25) is 4.79 Å². The predicted octanol–water partition coefficient (Wildman–Crippen LogP) is 4.33. The zero-order valence-corrected chi connectivity index (χ0v) is 10.8. The molecular weight excluding hydrogens is 284 g/mol. The van der Waals surface area contributed by atoms with Crippen LogP contribution in [0.15, 0.2) is 42.6 Å². The second-order valence-electron chi connectivity index (χ2n) is 4.32. The maximum Gasteiger partial charge on any atom is 0.201 e. The number of carbonyl (C=O) groups is 1. The number of aromatic nitrogens is 1. The highest BCUT2D eigenvalue weighted by Crippen LogP contribution is 2.25. The number of hydrogen-bond acceptors (Lipinski definition) is 1. The standard InChI is InChI=1S/C15H8ClF2NO/c16-8-4-5-9-10(7-19-13(9)6-8)15(20)14-11(17)2-1-3-12(14)18/h1-7,19H. The first-order valence-electron chi connectivity index (χ1n) is 5.83. The SMILES string of the molecule is O=C(c1c(F)cccc1F)c1c[nH]c2cc(Cl)ccc12. The van der Waals surface area contributed by atoms with Crippen molar-refractivity contribution in [1.29, 1.82) is 0 Å². The lowest BCUT2D eigenvalue weighted by Crippen LogP contribution is -2.06. The van der Waals surface area contributed by atoms with Crippen molar-refractivity contribution < 1.29 is 13.6 Å². The molecule has 0 aliphatic carbocycles. The highest BCUT2D eigenvalue weighted by molar-refractivity contribution is 6.31. The average molecular weight is 292 g/mol. The van der Waals surface area contributed by atoms with Crippen LogP contribution in [0.3, 0.4) is 0 Å². The molecule has 3 aromatic rings. The summed E-state index contributed by atoms with van der Waals surface area (Å²) in [6.07, 6.45) is 1.43. The van der Waals surface area contributed by atoms with Crippen molar-refractivity contribution in [3.8, 4) is 0 Å². The van der Waals surface area contributed by atoms with Crippen molar-refractivity contribution >= 4 is 28.3 Å². The summed E-state index contributed by atoms with van der Waals surface area (Å²) in [5.74, 6) is -2.45. The number of halogens is 3. The Morgan fingerprint density at radius 1 is 1.10 bits per heavy atom. The van der Waals surface area contributed by atoms with E-state index in [0.29, 0.717) is 15.9 Å². The van der Waals surface area contributed by atoms with Gasteiger partial charge in [0.05, 0.1) is 5.56 Å². The Labute approximate surface area is 118 Å². The minimum Gasteiger partial charge on any atom is -0.360 e. The van der Waals surface area contributed by atoms with Gasteiger partial charge in [-0.05, 0) is 24.3 Å². The molecule has 1 heterocycles. The van der Waals surface area contributed by atoms with Crippen LogP contribution in [0.4, 0.5) is 8.78 Å². The van der Waals surface area contributed by atoms with E-state index in [0.717, 1.165) is 12.1 Å². The molecule has 100 valence electrons. The van der Waals surface area contributed by atoms with Crippen molar-refractivity contribution in [2.45, 2.75) is 0 Å². The van der Waals surface area contributed by atoms with E-state index in [-0.39, 0.29) is 5.56 Å². The Morgan fingerprint density at radius 3 is 2.50 bits per heavy atom. The molecule has 0 fully saturated rings. The van der Waals surface area contributed by atoms with Crippen LogP contribution in [0.2, 0.25) is 5.02 Å². The third-order valence-electron chi connectivity index (χ3n) is 3.08. The molecule has 0 aliphatic heterocycles. The zero-order chi connectivity index (χ0) is 14.3. The summed E-state index contributed by atoms with van der Waals surface area (Å²) in [6.45, 7) is 0. The first-order chi connectivity index (χ1) is 9.58. The Morgan fingerprint density at radius 2 is 1.80 bits per heavy atom. The van der Waals surface area contributed by atoms with Crippen molar-refractivity contribution in [1.82, 2.24) is 4.98 Å². The van der Waals surface area contributed by atoms with Crippen LogP contribution >= 0.6 is 11.6 Å². The molecule has 0 radical (unpaired) electrons. The largest absolute Gasteiger partial charge is 0.360 e. The van der Waals surface area contributed by atoms with E-state index >= 15 is 0 Å². The average Bonchev–Trinajstić information content (AvgIpc) is 2.81. The third kappa shape index (κ3) is 1.98. The van der Waals surface area contributed by atoms with E-state index in [9.17, 15) is 13.6 Å². The smallest absolute Gasteiger partial charge is 0.201 e. The second-order valence-corrected chi connectivity index (χ2v) is 4.75. The van der Waals surface area contributed by atoms with Crippen LogP contribution in [0, 0.1) is 11.6 Å². The molecular formula is C15H8ClF2NO. The molecule has 0 amide bonds. The molecule has 2 aromatic carbocycles. The van der Waals surface area contributed by atoms with Gasteiger partial charge in [0.15, 0.2) is 0 Å². The normalized spacial score (nSPS) is 10.9. The molecule has 5 heteroatoms. The Kier molecular flexibility index (Phi) is 3.03. The molecule has 3 rings (SSSR count). The van der Waals surface area contributed by atoms with Crippen molar-refractivity contribution in [3.05, 3.63) is 70.4 Å². The van der Waals surface area contributed by atoms with Gasteiger partial charge < -0.3 is 4.98 Å². The van der Waals surface area contributed by atoms with E-state index in [4.69, 9.17) is 11.6 Å². The molecule has 0 bridgehead atoms. The molecule has 0 atom stereocenters. The fourth-order valence-electron chi connectivity index (χ4n) is 2.14. The van der Waals surface area contributed by atoms with Crippen LogP contribution in [0.5, 0.6) is 0 Å². The quantitative estimate of drug-likeness (QED) is 0.700. The number of nitrogens with one attached hydrogen (secondary N) is 1. The number of benzene rings is 2. The highest BCUT2D eigenvalue weighted by atomic mass is 35.5. The van der Waals surface area contributed by atoms with Gasteiger partial charge in [-0.1, -0.05) is 23.7 Å². The molecule has 0 saturated heterocycles. The van der Waals surface area contributed by atoms with Gasteiger partial charge in [0.2, 0.25) is 5.78 Å². The summed E-state index contributed by atoms with van der Waals surface area (Å²) in [7, 11) is 0. The number of hydrogen-bond donors (Lipinski definition) is 1. The first-order valence-corrected chi connectivity index (χ1v) is 6.21. The van der Waals surface area contributed by atoms with Gasteiger partial charge in [0, 0.05) is 27.7 Å². The summed E-state index contributed by atoms with van der Waals surface area (Å²) < 4.78 is 27.3. The van der Waals surface area contributed by atoms with E-state index in [1.54, 1.807) is 18.2 Å². The lowest BCUT2D eigenvalue weighted by molar-refractivity contribution is 0.103. The van der Waals surface area contributed by atoms with Gasteiger partial charge in [-0.15, -0.1) is 0 Å². The van der Waals surface area contributed by atoms with Gasteiger partial charge in [0.1, 0.15) is 11.6 Å². The second kappa shape index (κ2) is 4.72. The molecule has 0 saturated carbocycles. The Bertz CT molecular complexity index is 806. The maximum atomic E-state index is 13.7. The van der Waals surface area contributed by atoms with Gasteiger partial charge in [-0.2, -0.15) is 0 Å². The Balaban J connectivity index is 2.18. The van der Waals surface area contributed by atoms with E-state index in [1.807, 2.05) is 0 Å². The lowest BCUT2D eigenvalue weighted by Gasteiger charge is -2.03. The number of fused-ring (bicyclic) bond motifs is 1. The van der Waals surface area contributed by atoms with Crippen LogP contribution in [0.25, 0.3) is 10.9 Å². The molecule has 2 nitrogen and oxygen atoms in total. The number of H-pyrrole nitrogens is 1. The number of aromatic amines is 1. The third-order valence-corrected chi connectivity index (χ3v) is 3.31. The number of carbonyl (C=O) groups excluding carboxylic acids is 1. The van der Waals surface area contributed by atoms with Crippen molar-refractivity contribution in [3.63, 3.8) is 0 Å². The maximum absolute atomic E-state index is 13.7. The van der Waals surface area contributed by atoms with Crippen LogP contribution in [-0.4, -0.2) is 10.8 Å². The molecule has 20 heavy (non-hydrogen) atoms. The van der Waals surface area contributed by atoms with Crippen molar-refractivity contribution in [2.75, 3.05) is 0 Å². The van der Waals surface area contributed by atoms with E-state index < -0.39 is 23.0 Å². The first kappa shape index (κ1) is 12.8. The minimum absolute atomic E-state index is 0.209.